The molecule has 9 nitrogen and oxygen atoms in total. The van der Waals surface area contributed by atoms with Crippen LogP contribution in [0.25, 0.3) is 15.4 Å². The lowest BCUT2D eigenvalue weighted by molar-refractivity contribution is 0.586. The van der Waals surface area contributed by atoms with Gasteiger partial charge in [0.15, 0.2) is 5.69 Å². The van der Waals surface area contributed by atoms with Gasteiger partial charge < -0.3 is 9.26 Å². The highest BCUT2D eigenvalue weighted by molar-refractivity contribution is 5.61. The normalized spacial score (nSPS) is 10.7. The Labute approximate surface area is 139 Å². The highest BCUT2D eigenvalue weighted by atomic mass is 19.1. The average Bonchev–Trinajstić information content (AvgIpc) is 3.13. The van der Waals surface area contributed by atoms with E-state index < -0.39 is 11.4 Å². The summed E-state index contributed by atoms with van der Waals surface area (Å²) in [5, 5.41) is 10.2. The maximum absolute atomic E-state index is 13.3. The predicted octanol–water partition coefficient (Wildman–Crippen LogP) is 4.12. The summed E-state index contributed by atoms with van der Waals surface area (Å²) in [7, 11) is 0. The first-order chi connectivity index (χ1) is 12.0. The van der Waals surface area contributed by atoms with Crippen LogP contribution in [0.15, 0.2) is 43.7 Å². The van der Waals surface area contributed by atoms with Gasteiger partial charge in [0.25, 0.3) is 5.56 Å². The van der Waals surface area contributed by atoms with Crippen molar-refractivity contribution in [3.8, 4) is 5.69 Å². The number of H-pyrrole nitrogens is 1. The molecule has 10 heteroatoms. The smallest absolute Gasteiger partial charge is 0.425 e. The maximum Gasteiger partial charge on any atom is 0.425 e. The molecule has 2 heterocycles. The van der Waals surface area contributed by atoms with Crippen molar-refractivity contribution in [2.75, 3.05) is 0 Å². The van der Waals surface area contributed by atoms with E-state index >= 15 is 0 Å². The molecule has 0 spiro atoms. The number of oxazole rings is 1. The first-order valence-electron chi connectivity index (χ1n) is 6.78. The highest BCUT2D eigenvalue weighted by Gasteiger charge is 2.17. The molecule has 0 amide bonds. The van der Waals surface area contributed by atoms with Crippen LogP contribution in [-0.2, 0) is 0 Å². The van der Waals surface area contributed by atoms with Crippen LogP contribution in [-0.4, -0.2) is 14.8 Å². The molecule has 3 rings (SSSR count). The van der Waals surface area contributed by atoms with Crippen LogP contribution in [0.1, 0.15) is 5.69 Å². The Bertz CT molecular complexity index is 1090. The van der Waals surface area contributed by atoms with E-state index in [2.05, 4.69) is 30.0 Å². The SMILES string of the molecule is [C-]#[N+]c1nc(N=Nc2c(C)[nH]n(-c3cccc(F)c3)c2=O)oc1[N+]#[C-]. The summed E-state index contributed by atoms with van der Waals surface area (Å²) in [5.41, 5.74) is 0.113. The Hall–Kier alpha value is -4.05. The van der Waals surface area contributed by atoms with Crippen molar-refractivity contribution in [3.63, 3.8) is 0 Å². The molecule has 0 saturated carbocycles. The van der Waals surface area contributed by atoms with Gasteiger partial charge in [-0.15, -0.1) is 5.11 Å². The van der Waals surface area contributed by atoms with Crippen LogP contribution in [0.3, 0.4) is 0 Å². The molecular formula is C15H8FN7O2. The van der Waals surface area contributed by atoms with Gasteiger partial charge in [-0.3, -0.25) is 9.89 Å². The number of aromatic amines is 1. The molecule has 0 fully saturated rings. The van der Waals surface area contributed by atoms with E-state index in [-0.39, 0.29) is 23.4 Å². The van der Waals surface area contributed by atoms with Gasteiger partial charge in [0, 0.05) is 0 Å². The van der Waals surface area contributed by atoms with E-state index in [0.29, 0.717) is 11.4 Å². The van der Waals surface area contributed by atoms with Crippen molar-refractivity contribution in [1.82, 2.24) is 14.8 Å². The van der Waals surface area contributed by atoms with E-state index in [1.807, 2.05) is 0 Å². The summed E-state index contributed by atoms with van der Waals surface area (Å²) < 4.78 is 19.4. The molecule has 0 saturated heterocycles. The summed E-state index contributed by atoms with van der Waals surface area (Å²) in [4.78, 5) is 22.1. The number of hydrogen-bond acceptors (Lipinski definition) is 5. The maximum atomic E-state index is 13.3. The van der Waals surface area contributed by atoms with Gasteiger partial charge in [-0.2, -0.15) is 0 Å². The van der Waals surface area contributed by atoms with Crippen LogP contribution in [0.4, 0.5) is 27.8 Å². The molecule has 2 aromatic heterocycles. The van der Waals surface area contributed by atoms with Gasteiger partial charge in [-0.25, -0.2) is 13.9 Å². The number of hydrogen-bond donors (Lipinski definition) is 1. The van der Waals surface area contributed by atoms with Crippen molar-refractivity contribution >= 4 is 23.4 Å². The number of nitrogens with one attached hydrogen (secondary N) is 1. The Morgan fingerprint density at radius 3 is 2.76 bits per heavy atom. The molecule has 3 aromatic rings. The topological polar surface area (TPSA) is 97.3 Å². The van der Waals surface area contributed by atoms with Gasteiger partial charge in [-0.1, -0.05) is 22.7 Å². The fraction of sp³-hybridized carbons (Fsp3) is 0.0667. The van der Waals surface area contributed by atoms with Crippen LogP contribution in [0.5, 0.6) is 0 Å². The van der Waals surface area contributed by atoms with E-state index in [4.69, 9.17) is 17.6 Å². The largest absolute Gasteiger partial charge is 0.438 e. The highest BCUT2D eigenvalue weighted by Crippen LogP contribution is 2.32. The predicted molar refractivity (Wildman–Crippen MR) is 84.3 cm³/mol. The van der Waals surface area contributed by atoms with Gasteiger partial charge in [0.05, 0.1) is 18.0 Å². The molecule has 0 bridgehead atoms. The number of rotatable bonds is 3. The number of aromatic nitrogens is 3. The lowest BCUT2D eigenvalue weighted by atomic mass is 10.3. The summed E-state index contributed by atoms with van der Waals surface area (Å²) in [6, 6.07) is 5.17. The third-order valence-electron chi connectivity index (χ3n) is 3.13. The minimum atomic E-state index is -0.547. The van der Waals surface area contributed by atoms with Gasteiger partial charge in [0.1, 0.15) is 5.82 Å². The fourth-order valence-corrected chi connectivity index (χ4v) is 2.03. The molecule has 0 radical (unpaired) electrons. The second kappa shape index (κ2) is 6.22. The first-order valence-corrected chi connectivity index (χ1v) is 6.78. The third kappa shape index (κ3) is 2.92. The molecule has 1 N–H and O–H groups in total. The van der Waals surface area contributed by atoms with Crippen LogP contribution in [0, 0.1) is 25.9 Å². The average molecular weight is 337 g/mol. The van der Waals surface area contributed by atoms with Gasteiger partial charge >= 0.3 is 17.7 Å². The first kappa shape index (κ1) is 15.8. The Kier molecular flexibility index (Phi) is 3.94. The standard InChI is InChI=1S/C15H8FN7O2/c1-8-11(20-21-15-19-12(17-2)13(18-3)25-15)14(24)23(22-8)10-6-4-5-9(16)7-10/h4-7,22H,1H3. The number of halogens is 1. The Balaban J connectivity index is 2.00. The quantitative estimate of drug-likeness (QED) is 0.575. The summed E-state index contributed by atoms with van der Waals surface area (Å²) in [6.07, 6.45) is 0. The Morgan fingerprint density at radius 1 is 1.32 bits per heavy atom. The fourth-order valence-electron chi connectivity index (χ4n) is 2.03. The minimum absolute atomic E-state index is 0.0313. The summed E-state index contributed by atoms with van der Waals surface area (Å²) >= 11 is 0. The number of azo groups is 1. The third-order valence-corrected chi connectivity index (χ3v) is 3.13. The van der Waals surface area contributed by atoms with Crippen molar-refractivity contribution in [3.05, 3.63) is 69.0 Å². The molecule has 0 aliphatic carbocycles. The van der Waals surface area contributed by atoms with E-state index in [1.54, 1.807) is 13.0 Å². The molecule has 0 aliphatic rings. The number of benzene rings is 1. The zero-order chi connectivity index (χ0) is 18.0. The summed E-state index contributed by atoms with van der Waals surface area (Å²) in [6.45, 7) is 15.3. The van der Waals surface area contributed by atoms with E-state index in [1.165, 1.54) is 18.2 Å². The Morgan fingerprint density at radius 2 is 2.12 bits per heavy atom. The van der Waals surface area contributed by atoms with Crippen LogP contribution < -0.4 is 5.56 Å². The molecule has 0 unspecified atom stereocenters. The van der Waals surface area contributed by atoms with Gasteiger partial charge in [0.2, 0.25) is 0 Å². The van der Waals surface area contributed by atoms with Crippen LogP contribution >= 0.6 is 0 Å². The van der Waals surface area contributed by atoms with Crippen molar-refractivity contribution in [2.24, 2.45) is 10.2 Å². The number of aryl methyl sites for hydroxylation is 1. The van der Waals surface area contributed by atoms with Gasteiger partial charge in [-0.05, 0) is 25.1 Å². The van der Waals surface area contributed by atoms with Crippen molar-refractivity contribution in [2.45, 2.75) is 6.92 Å². The zero-order valence-corrected chi connectivity index (χ0v) is 12.7. The van der Waals surface area contributed by atoms with Crippen molar-refractivity contribution in [1.29, 1.82) is 0 Å². The second-order valence-electron chi connectivity index (χ2n) is 4.75. The monoisotopic (exact) mass is 337 g/mol. The molecule has 0 atom stereocenters. The van der Waals surface area contributed by atoms with E-state index in [9.17, 15) is 9.18 Å². The minimum Gasteiger partial charge on any atom is -0.438 e. The molecule has 0 aliphatic heterocycles. The number of nitrogens with zero attached hydrogens (tertiary/aromatic N) is 6. The second-order valence-corrected chi connectivity index (χ2v) is 4.75. The molecule has 122 valence electrons. The summed E-state index contributed by atoms with van der Waals surface area (Å²) in [5.74, 6) is -1.02. The lowest BCUT2D eigenvalue weighted by Gasteiger charge is -2.00. The molecule has 25 heavy (non-hydrogen) atoms. The van der Waals surface area contributed by atoms with Crippen LogP contribution in [0.2, 0.25) is 0 Å². The molecule has 1 aromatic carbocycles. The zero-order valence-electron chi connectivity index (χ0n) is 12.7. The molecular weight excluding hydrogens is 329 g/mol. The lowest BCUT2D eigenvalue weighted by Crippen LogP contribution is -2.14. The van der Waals surface area contributed by atoms with E-state index in [0.717, 1.165) is 4.68 Å². The van der Waals surface area contributed by atoms with Crippen molar-refractivity contribution < 1.29 is 8.81 Å².